The zero-order chi connectivity index (χ0) is 27.2. The first-order valence-corrected chi connectivity index (χ1v) is 11.4. The van der Waals surface area contributed by atoms with Crippen molar-refractivity contribution in [2.75, 3.05) is 14.2 Å². The van der Waals surface area contributed by atoms with Crippen molar-refractivity contribution in [1.82, 2.24) is 20.1 Å². The minimum absolute atomic E-state index is 0.0311. The first-order valence-electron chi connectivity index (χ1n) is 11.4. The average Bonchev–Trinajstić information content (AvgIpc) is 3.42. The van der Waals surface area contributed by atoms with E-state index in [0.717, 1.165) is 0 Å². The number of hydrogen-bond acceptors (Lipinski definition) is 7. The number of ketones is 1. The molecule has 2 aromatic carbocycles. The predicted octanol–water partition coefficient (Wildman–Crippen LogP) is 2.49. The fraction of sp³-hybridized carbons (Fsp3) is 0.148. The summed E-state index contributed by atoms with van der Waals surface area (Å²) in [6.07, 6.45) is 3.10. The number of rotatable bonds is 10. The molecule has 0 aliphatic carbocycles. The van der Waals surface area contributed by atoms with Gasteiger partial charge in [0.25, 0.3) is 11.8 Å². The number of hydrogen-bond donors (Lipinski definition) is 2. The van der Waals surface area contributed by atoms with E-state index in [-0.39, 0.29) is 17.8 Å². The molecule has 4 aromatic rings. The van der Waals surface area contributed by atoms with Crippen molar-refractivity contribution in [3.8, 4) is 28.6 Å². The van der Waals surface area contributed by atoms with Gasteiger partial charge in [0.15, 0.2) is 5.82 Å². The summed E-state index contributed by atoms with van der Waals surface area (Å²) in [6, 6.07) is 14.4. The fourth-order valence-electron chi connectivity index (χ4n) is 3.83. The molecule has 2 aromatic heterocycles. The molecule has 1 unspecified atom stereocenters. The van der Waals surface area contributed by atoms with E-state index in [9.17, 15) is 18.8 Å². The molecule has 10 nitrogen and oxygen atoms in total. The van der Waals surface area contributed by atoms with E-state index < -0.39 is 29.5 Å². The number of nitrogens with zero attached hydrogens (tertiary/aromatic N) is 3. The molecule has 0 radical (unpaired) electrons. The maximum Gasteiger partial charge on any atom is 0.287 e. The number of halogens is 1. The Morgan fingerprint density at radius 3 is 2.50 bits per heavy atom. The molecule has 0 bridgehead atoms. The number of nitrogens with two attached hydrogens (primary N) is 1. The molecule has 4 rings (SSSR count). The van der Waals surface area contributed by atoms with E-state index in [1.807, 2.05) is 0 Å². The minimum atomic E-state index is -1.21. The molecule has 0 saturated carbocycles. The molecule has 38 heavy (non-hydrogen) atoms. The lowest BCUT2D eigenvalue weighted by Crippen LogP contribution is -2.47. The Morgan fingerprint density at radius 1 is 1.05 bits per heavy atom. The van der Waals surface area contributed by atoms with Crippen LogP contribution < -0.4 is 20.5 Å². The molecule has 11 heteroatoms. The summed E-state index contributed by atoms with van der Waals surface area (Å²) >= 11 is 0. The van der Waals surface area contributed by atoms with Crippen molar-refractivity contribution >= 4 is 17.6 Å². The van der Waals surface area contributed by atoms with Gasteiger partial charge in [-0.2, -0.15) is 5.10 Å². The average molecular weight is 518 g/mol. The van der Waals surface area contributed by atoms with Crippen LogP contribution in [0.15, 0.2) is 73.1 Å². The topological polar surface area (TPSA) is 138 Å². The number of primary amides is 1. The maximum absolute atomic E-state index is 13.6. The highest BCUT2D eigenvalue weighted by molar-refractivity contribution is 6.38. The number of benzene rings is 2. The Balaban J connectivity index is 1.62. The second-order valence-corrected chi connectivity index (χ2v) is 8.17. The highest BCUT2D eigenvalue weighted by Gasteiger charge is 2.27. The van der Waals surface area contributed by atoms with Gasteiger partial charge in [-0.1, -0.05) is 12.1 Å². The number of amides is 2. The molecule has 0 aliphatic heterocycles. The Hall–Kier alpha value is -5.06. The van der Waals surface area contributed by atoms with Gasteiger partial charge in [0.05, 0.1) is 25.5 Å². The van der Waals surface area contributed by atoms with E-state index in [0.29, 0.717) is 28.3 Å². The normalized spacial score (nSPS) is 11.4. The van der Waals surface area contributed by atoms with Crippen LogP contribution in [0.25, 0.3) is 17.1 Å². The summed E-state index contributed by atoms with van der Waals surface area (Å²) < 4.78 is 25.4. The van der Waals surface area contributed by atoms with Crippen LogP contribution in [-0.2, 0) is 16.0 Å². The van der Waals surface area contributed by atoms with Crippen LogP contribution in [0.5, 0.6) is 11.5 Å². The number of methoxy groups -OCH3 is 2. The molecule has 0 spiro atoms. The number of carbonyl (C=O) groups is 3. The lowest BCUT2D eigenvalue weighted by atomic mass is 10.0. The van der Waals surface area contributed by atoms with Crippen molar-refractivity contribution < 1.29 is 28.2 Å². The summed E-state index contributed by atoms with van der Waals surface area (Å²) in [4.78, 5) is 41.8. The molecule has 194 valence electrons. The predicted molar refractivity (Wildman–Crippen MR) is 135 cm³/mol. The summed E-state index contributed by atoms with van der Waals surface area (Å²) in [6.45, 7) is 0. The third-order valence-electron chi connectivity index (χ3n) is 5.74. The second kappa shape index (κ2) is 11.3. The van der Waals surface area contributed by atoms with Crippen molar-refractivity contribution in [2.24, 2.45) is 5.73 Å². The van der Waals surface area contributed by atoms with Gasteiger partial charge in [-0.3, -0.25) is 14.4 Å². The van der Waals surface area contributed by atoms with Gasteiger partial charge >= 0.3 is 0 Å². The van der Waals surface area contributed by atoms with Crippen LogP contribution in [0.3, 0.4) is 0 Å². The first kappa shape index (κ1) is 26.0. The Morgan fingerprint density at radius 2 is 1.82 bits per heavy atom. The quantitative estimate of drug-likeness (QED) is 0.308. The largest absolute Gasteiger partial charge is 0.497 e. The van der Waals surface area contributed by atoms with Crippen molar-refractivity contribution in [3.05, 3.63) is 90.0 Å². The number of pyridine rings is 1. The van der Waals surface area contributed by atoms with E-state index >= 15 is 0 Å². The van der Waals surface area contributed by atoms with Crippen molar-refractivity contribution in [3.63, 3.8) is 0 Å². The van der Waals surface area contributed by atoms with Gasteiger partial charge in [-0.05, 0) is 48.0 Å². The van der Waals surface area contributed by atoms with Crippen molar-refractivity contribution in [2.45, 2.75) is 12.5 Å². The fourth-order valence-corrected chi connectivity index (χ4v) is 3.83. The first-order chi connectivity index (χ1) is 18.3. The third kappa shape index (κ3) is 5.67. The van der Waals surface area contributed by atoms with Gasteiger partial charge in [0.1, 0.15) is 23.4 Å². The monoisotopic (exact) mass is 517 g/mol. The van der Waals surface area contributed by atoms with Crippen LogP contribution in [0.1, 0.15) is 15.9 Å². The Kier molecular flexibility index (Phi) is 7.76. The molecule has 0 saturated heterocycles. The molecule has 1 atom stereocenters. The van der Waals surface area contributed by atoms with E-state index in [2.05, 4.69) is 15.4 Å². The molecular weight excluding hydrogens is 493 g/mol. The smallest absolute Gasteiger partial charge is 0.287 e. The number of Topliss-reactive ketones (excluding diaryl/α,β-unsaturated/α-hetero) is 1. The summed E-state index contributed by atoms with van der Waals surface area (Å²) in [7, 11) is 2.95. The van der Waals surface area contributed by atoms with Gasteiger partial charge < -0.3 is 20.5 Å². The number of ether oxygens (including phenoxy) is 2. The summed E-state index contributed by atoms with van der Waals surface area (Å²) in [5.74, 6) is -2.13. The van der Waals surface area contributed by atoms with Gasteiger partial charge in [-0.25, -0.2) is 14.1 Å². The highest BCUT2D eigenvalue weighted by Crippen LogP contribution is 2.29. The van der Waals surface area contributed by atoms with Crippen LogP contribution >= 0.6 is 0 Å². The Labute approximate surface area is 217 Å². The van der Waals surface area contributed by atoms with Crippen molar-refractivity contribution in [1.29, 1.82) is 0 Å². The Bertz CT molecular complexity index is 1490. The standard InChI is InChI=1S/C27H24FN5O5/c1-37-18-8-5-16(6-9-18)14-22(24(34)25(29)35)31-27(36)20-4-3-12-30-26(20)33-13-11-21(32-33)19-10-7-17(28)15-23(19)38-2/h3-13,15,22H,14H2,1-2H3,(H2,29,35)(H,31,36). The molecular formula is C27H24FN5O5. The molecule has 0 aliphatic rings. The lowest BCUT2D eigenvalue weighted by molar-refractivity contribution is -0.137. The zero-order valence-electron chi connectivity index (χ0n) is 20.6. The molecule has 2 heterocycles. The van der Waals surface area contributed by atoms with Gasteiger partial charge in [-0.15, -0.1) is 0 Å². The van der Waals surface area contributed by atoms with E-state index in [1.54, 1.807) is 42.6 Å². The third-order valence-corrected chi connectivity index (χ3v) is 5.74. The molecule has 3 N–H and O–H groups in total. The van der Waals surface area contributed by atoms with Crippen LogP contribution in [0, 0.1) is 5.82 Å². The minimum Gasteiger partial charge on any atom is -0.497 e. The highest BCUT2D eigenvalue weighted by atomic mass is 19.1. The van der Waals surface area contributed by atoms with Crippen LogP contribution in [-0.4, -0.2) is 52.6 Å². The second-order valence-electron chi connectivity index (χ2n) is 8.17. The number of aromatic nitrogens is 3. The molecule has 2 amide bonds. The summed E-state index contributed by atoms with van der Waals surface area (Å²) in [5.41, 5.74) is 7.03. The lowest BCUT2D eigenvalue weighted by Gasteiger charge is -2.17. The van der Waals surface area contributed by atoms with Gasteiger partial charge in [0.2, 0.25) is 5.78 Å². The van der Waals surface area contributed by atoms with Crippen LogP contribution in [0.2, 0.25) is 0 Å². The zero-order valence-corrected chi connectivity index (χ0v) is 20.6. The number of nitrogens with one attached hydrogen (secondary N) is 1. The maximum atomic E-state index is 13.6. The SMILES string of the molecule is COc1ccc(CC(NC(=O)c2cccnc2-n2ccc(-c3ccc(F)cc3OC)n2)C(=O)C(N)=O)cc1. The van der Waals surface area contributed by atoms with Gasteiger partial charge in [0, 0.05) is 30.4 Å². The van der Waals surface area contributed by atoms with E-state index in [1.165, 1.54) is 49.4 Å². The van der Waals surface area contributed by atoms with E-state index in [4.69, 9.17) is 15.2 Å². The van der Waals surface area contributed by atoms with Crippen LogP contribution in [0.4, 0.5) is 4.39 Å². The summed E-state index contributed by atoms with van der Waals surface area (Å²) in [5, 5.41) is 7.08. The number of carbonyl (C=O) groups excluding carboxylic acids is 3. The molecule has 0 fully saturated rings.